The number of halogens is 2. The Hall–Kier alpha value is -4.47. The minimum atomic E-state index is -1.52. The Kier molecular flexibility index (Phi) is 6.47. The van der Waals surface area contributed by atoms with Crippen molar-refractivity contribution >= 4 is 28.4 Å². The van der Waals surface area contributed by atoms with E-state index >= 15 is 8.78 Å². The first-order valence-corrected chi connectivity index (χ1v) is 11.9. The van der Waals surface area contributed by atoms with Gasteiger partial charge in [0.2, 0.25) is 5.43 Å². The number of carboxylic acid groups (broad SMARTS) is 1. The SMILES string of the molecule is CC[C@H]1Oc2c(NCCNc3ccccn3)c(F)c(F)c3c(=O)c(C(=O)O)cn(c23)C1c1ccccc1. The predicted molar refractivity (Wildman–Crippen MR) is 136 cm³/mol. The summed E-state index contributed by atoms with van der Waals surface area (Å²) in [5, 5.41) is 15.0. The van der Waals surface area contributed by atoms with Gasteiger partial charge >= 0.3 is 5.97 Å². The number of nitrogens with one attached hydrogen (secondary N) is 2. The monoisotopic (exact) mass is 506 g/mol. The summed E-state index contributed by atoms with van der Waals surface area (Å²) in [6.45, 7) is 2.41. The maximum Gasteiger partial charge on any atom is 0.341 e. The Bertz CT molecular complexity index is 1530. The largest absolute Gasteiger partial charge is 0.483 e. The van der Waals surface area contributed by atoms with Crippen LogP contribution in [0.2, 0.25) is 0 Å². The first-order valence-electron chi connectivity index (χ1n) is 11.9. The maximum absolute atomic E-state index is 15.5. The lowest BCUT2D eigenvalue weighted by molar-refractivity contribution is 0.0693. The number of rotatable bonds is 8. The molecule has 2 aromatic heterocycles. The molecule has 2 atom stereocenters. The molecular formula is C27H24F2N4O4. The van der Waals surface area contributed by atoms with Crippen LogP contribution in [0.15, 0.2) is 65.7 Å². The molecule has 0 saturated carbocycles. The second-order valence-corrected chi connectivity index (χ2v) is 8.63. The zero-order valence-electron chi connectivity index (χ0n) is 19.9. The van der Waals surface area contributed by atoms with Crippen LogP contribution in [0.4, 0.5) is 20.3 Å². The van der Waals surface area contributed by atoms with Gasteiger partial charge in [-0.15, -0.1) is 0 Å². The van der Waals surface area contributed by atoms with E-state index < -0.39 is 46.1 Å². The quantitative estimate of drug-likeness (QED) is 0.299. The summed E-state index contributed by atoms with van der Waals surface area (Å²) in [7, 11) is 0. The van der Waals surface area contributed by atoms with Gasteiger partial charge in [0.25, 0.3) is 0 Å². The number of anilines is 2. The van der Waals surface area contributed by atoms with Crippen molar-refractivity contribution < 1.29 is 23.4 Å². The molecule has 10 heteroatoms. The van der Waals surface area contributed by atoms with E-state index in [1.165, 1.54) is 10.8 Å². The van der Waals surface area contributed by atoms with E-state index in [-0.39, 0.29) is 23.5 Å². The van der Waals surface area contributed by atoms with Crippen LogP contribution in [-0.2, 0) is 0 Å². The normalized spacial score (nSPS) is 16.3. The molecule has 1 unspecified atom stereocenters. The van der Waals surface area contributed by atoms with Gasteiger partial charge in [-0.3, -0.25) is 4.79 Å². The maximum atomic E-state index is 15.5. The van der Waals surface area contributed by atoms with Crippen molar-refractivity contribution in [2.75, 3.05) is 23.7 Å². The summed E-state index contributed by atoms with van der Waals surface area (Å²) in [6, 6.07) is 14.0. The van der Waals surface area contributed by atoms with E-state index in [4.69, 9.17) is 4.74 Å². The van der Waals surface area contributed by atoms with E-state index in [0.29, 0.717) is 18.8 Å². The van der Waals surface area contributed by atoms with Crippen molar-refractivity contribution in [2.24, 2.45) is 0 Å². The molecule has 3 heterocycles. The smallest absolute Gasteiger partial charge is 0.341 e. The molecule has 37 heavy (non-hydrogen) atoms. The molecule has 1 aliphatic heterocycles. The van der Waals surface area contributed by atoms with Gasteiger partial charge in [-0.25, -0.2) is 18.6 Å². The van der Waals surface area contributed by atoms with Gasteiger partial charge in [0.1, 0.15) is 28.7 Å². The summed E-state index contributed by atoms with van der Waals surface area (Å²) < 4.78 is 38.6. The Morgan fingerprint density at radius 1 is 1.08 bits per heavy atom. The number of nitrogens with zero attached hydrogens (tertiary/aromatic N) is 2. The summed E-state index contributed by atoms with van der Waals surface area (Å²) in [4.78, 5) is 29.1. The third kappa shape index (κ3) is 4.24. The first-order chi connectivity index (χ1) is 17.9. The fraction of sp³-hybridized carbons (Fsp3) is 0.222. The summed E-state index contributed by atoms with van der Waals surface area (Å²) in [6.07, 6.45) is 2.77. The molecule has 3 N–H and O–H groups in total. The van der Waals surface area contributed by atoms with Crippen LogP contribution < -0.4 is 20.8 Å². The average molecular weight is 507 g/mol. The Morgan fingerprint density at radius 3 is 2.49 bits per heavy atom. The highest BCUT2D eigenvalue weighted by molar-refractivity contribution is 5.97. The fourth-order valence-electron chi connectivity index (χ4n) is 4.72. The highest BCUT2D eigenvalue weighted by atomic mass is 19.2. The van der Waals surface area contributed by atoms with Gasteiger partial charge in [0.05, 0.1) is 11.4 Å². The van der Waals surface area contributed by atoms with Crippen molar-refractivity contribution in [2.45, 2.75) is 25.5 Å². The topological polar surface area (TPSA) is 105 Å². The number of aromatic nitrogens is 2. The number of carboxylic acids is 1. The molecule has 0 saturated heterocycles. The third-order valence-electron chi connectivity index (χ3n) is 6.40. The molecule has 190 valence electrons. The molecule has 0 bridgehead atoms. The molecule has 0 amide bonds. The molecule has 0 radical (unpaired) electrons. The van der Waals surface area contributed by atoms with Gasteiger partial charge in [0, 0.05) is 25.5 Å². The fourth-order valence-corrected chi connectivity index (χ4v) is 4.72. The van der Waals surface area contributed by atoms with Crippen LogP contribution in [0.3, 0.4) is 0 Å². The number of ether oxygens (including phenoxy) is 1. The Labute approximate surface area is 210 Å². The van der Waals surface area contributed by atoms with Crippen LogP contribution in [-0.4, -0.2) is 39.8 Å². The lowest BCUT2D eigenvalue weighted by atomic mass is 9.95. The molecule has 1 aliphatic rings. The van der Waals surface area contributed by atoms with Crippen LogP contribution in [0, 0.1) is 11.6 Å². The number of hydrogen-bond donors (Lipinski definition) is 3. The van der Waals surface area contributed by atoms with E-state index in [0.717, 1.165) is 5.56 Å². The number of hydrogen-bond acceptors (Lipinski definition) is 6. The van der Waals surface area contributed by atoms with Crippen molar-refractivity contribution in [1.29, 1.82) is 0 Å². The molecule has 2 aromatic carbocycles. The van der Waals surface area contributed by atoms with Gasteiger partial charge in [-0.2, -0.15) is 0 Å². The zero-order chi connectivity index (χ0) is 26.1. The number of benzene rings is 2. The summed E-state index contributed by atoms with van der Waals surface area (Å²) in [5.74, 6) is -3.66. The van der Waals surface area contributed by atoms with Crippen LogP contribution in [0.25, 0.3) is 10.9 Å². The second-order valence-electron chi connectivity index (χ2n) is 8.63. The summed E-state index contributed by atoms with van der Waals surface area (Å²) >= 11 is 0. The van der Waals surface area contributed by atoms with Gasteiger partial charge in [-0.1, -0.05) is 43.3 Å². The van der Waals surface area contributed by atoms with Crippen molar-refractivity contribution in [3.05, 3.63) is 93.9 Å². The van der Waals surface area contributed by atoms with E-state index in [1.807, 2.05) is 43.3 Å². The first kappa shape index (κ1) is 24.2. The van der Waals surface area contributed by atoms with E-state index in [1.54, 1.807) is 18.3 Å². The van der Waals surface area contributed by atoms with Crippen LogP contribution in [0.1, 0.15) is 35.3 Å². The Morgan fingerprint density at radius 2 is 1.81 bits per heavy atom. The zero-order valence-corrected chi connectivity index (χ0v) is 19.9. The van der Waals surface area contributed by atoms with Gasteiger partial charge < -0.3 is 25.0 Å². The molecule has 5 rings (SSSR count). The Balaban J connectivity index is 1.66. The van der Waals surface area contributed by atoms with Crippen molar-refractivity contribution in [1.82, 2.24) is 9.55 Å². The molecule has 8 nitrogen and oxygen atoms in total. The van der Waals surface area contributed by atoms with E-state index in [9.17, 15) is 14.7 Å². The minimum Gasteiger partial charge on any atom is -0.483 e. The van der Waals surface area contributed by atoms with Crippen molar-refractivity contribution in [3.63, 3.8) is 0 Å². The third-order valence-corrected chi connectivity index (χ3v) is 6.40. The molecule has 4 aromatic rings. The standard InChI is InChI=1S/C27H24F2N4O4/c1-2-17-23(15-8-4-3-5-9-15)33-14-16(27(35)36)25(34)19-20(28)21(29)22(26(37-17)24(19)33)32-13-12-31-18-10-6-7-11-30-18/h3-11,14,17,23,32H,2,12-13H2,1H3,(H,30,31)(H,35,36)/t17-,23?/m1/s1. The lowest BCUT2D eigenvalue weighted by Gasteiger charge is -2.37. The molecule has 0 aliphatic carbocycles. The summed E-state index contributed by atoms with van der Waals surface area (Å²) in [5.41, 5.74) is -1.19. The van der Waals surface area contributed by atoms with Crippen LogP contribution >= 0.6 is 0 Å². The van der Waals surface area contributed by atoms with Gasteiger partial charge in [-0.05, 0) is 24.1 Å². The van der Waals surface area contributed by atoms with Crippen LogP contribution in [0.5, 0.6) is 5.75 Å². The number of pyridine rings is 2. The molecular weight excluding hydrogens is 482 g/mol. The number of aromatic carboxylic acids is 1. The number of carbonyl (C=O) groups is 1. The minimum absolute atomic E-state index is 0.00707. The average Bonchev–Trinajstić information content (AvgIpc) is 2.91. The molecule has 0 spiro atoms. The van der Waals surface area contributed by atoms with Crippen molar-refractivity contribution in [3.8, 4) is 5.75 Å². The van der Waals surface area contributed by atoms with Gasteiger partial charge in [0.15, 0.2) is 17.4 Å². The lowest BCUT2D eigenvalue weighted by Crippen LogP contribution is -2.37. The second kappa shape index (κ2) is 9.88. The highest BCUT2D eigenvalue weighted by Crippen LogP contribution is 2.45. The van der Waals surface area contributed by atoms with E-state index in [2.05, 4.69) is 15.6 Å². The predicted octanol–water partition coefficient (Wildman–Crippen LogP) is 4.66. The highest BCUT2D eigenvalue weighted by Gasteiger charge is 2.37. The molecule has 0 fully saturated rings.